The number of ether oxygens (including phenoxy) is 1. The summed E-state index contributed by atoms with van der Waals surface area (Å²) in [4.78, 5) is 12.5. The van der Waals surface area contributed by atoms with Gasteiger partial charge in [0, 0.05) is 23.5 Å². The van der Waals surface area contributed by atoms with Gasteiger partial charge in [-0.05, 0) is 43.5 Å². The van der Waals surface area contributed by atoms with Crippen molar-refractivity contribution in [2.75, 3.05) is 6.61 Å². The number of nitrogens with zero attached hydrogens (tertiary/aromatic N) is 4. The molecule has 152 valence electrons. The van der Waals surface area contributed by atoms with Crippen LogP contribution in [0, 0.1) is 0 Å². The lowest BCUT2D eigenvalue weighted by Crippen LogP contribution is -2.47. The van der Waals surface area contributed by atoms with Crippen molar-refractivity contribution in [3.8, 4) is 0 Å². The van der Waals surface area contributed by atoms with E-state index in [9.17, 15) is 4.79 Å². The molecule has 0 bridgehead atoms. The summed E-state index contributed by atoms with van der Waals surface area (Å²) in [6, 6.07) is 16.4. The largest absolute Gasteiger partial charge is 0.465 e. The number of carbonyl (C=O) groups is 1. The Morgan fingerprint density at radius 2 is 1.93 bits per heavy atom. The zero-order valence-corrected chi connectivity index (χ0v) is 16.8. The van der Waals surface area contributed by atoms with Crippen LogP contribution in [0.2, 0.25) is 0 Å². The van der Waals surface area contributed by atoms with Crippen molar-refractivity contribution in [2.45, 2.75) is 44.4 Å². The number of esters is 1. The van der Waals surface area contributed by atoms with Crippen LogP contribution < -0.4 is 5.32 Å². The maximum Gasteiger partial charge on any atom is 0.323 e. The van der Waals surface area contributed by atoms with Crippen LogP contribution in [0.25, 0.3) is 21.9 Å². The standard InChI is InChI=1S/C23H23N5O2/c1-2-30-23(29)18-13-15-14-7-3-5-9-19(14)27-21(12-11-17(24-18)22(15)27)28-20-10-6-4-8-16(20)25-26-28/h3-10,17-18,21,24H,2,11-13H2,1H3/t17-,18-,21?/m0/s1. The van der Waals surface area contributed by atoms with Gasteiger partial charge in [0.05, 0.1) is 17.6 Å². The Kier molecular flexibility index (Phi) is 3.92. The van der Waals surface area contributed by atoms with E-state index in [2.05, 4.69) is 55.2 Å². The molecule has 2 aromatic heterocycles. The molecule has 4 heterocycles. The first kappa shape index (κ1) is 17.7. The third kappa shape index (κ3) is 2.45. The Bertz CT molecular complexity index is 1270. The average molecular weight is 401 g/mol. The van der Waals surface area contributed by atoms with Crippen LogP contribution in [-0.2, 0) is 16.0 Å². The monoisotopic (exact) mass is 401 g/mol. The van der Waals surface area contributed by atoms with E-state index in [-0.39, 0.29) is 24.2 Å². The molecule has 7 heteroatoms. The minimum absolute atomic E-state index is 0.0586. The summed E-state index contributed by atoms with van der Waals surface area (Å²) in [7, 11) is 0. The van der Waals surface area contributed by atoms with E-state index in [0.29, 0.717) is 13.0 Å². The number of aromatic nitrogens is 4. The molecule has 2 aliphatic heterocycles. The molecule has 3 atom stereocenters. The fourth-order valence-electron chi connectivity index (χ4n) is 5.25. The van der Waals surface area contributed by atoms with Crippen molar-refractivity contribution in [2.24, 2.45) is 0 Å². The molecule has 0 fully saturated rings. The van der Waals surface area contributed by atoms with Gasteiger partial charge in [-0.2, -0.15) is 0 Å². The molecule has 0 saturated heterocycles. The molecule has 0 aliphatic carbocycles. The highest BCUT2D eigenvalue weighted by Crippen LogP contribution is 2.44. The lowest BCUT2D eigenvalue weighted by molar-refractivity contribution is -0.146. The van der Waals surface area contributed by atoms with Crippen LogP contribution in [0.3, 0.4) is 0 Å². The number of hydrogen-bond donors (Lipinski definition) is 1. The van der Waals surface area contributed by atoms with Crippen LogP contribution in [0.15, 0.2) is 48.5 Å². The third-order valence-electron chi connectivity index (χ3n) is 6.44. The first-order chi connectivity index (χ1) is 14.8. The number of hydrogen-bond acceptors (Lipinski definition) is 5. The Morgan fingerprint density at radius 1 is 1.13 bits per heavy atom. The molecular weight excluding hydrogens is 378 g/mol. The van der Waals surface area contributed by atoms with E-state index in [4.69, 9.17) is 4.74 Å². The average Bonchev–Trinajstić information content (AvgIpc) is 3.35. The SMILES string of the molecule is CCOC(=O)[C@@H]1Cc2c3n(c4ccccc24)C(n2nnc4ccccc42)CC[C@@H]3N1. The van der Waals surface area contributed by atoms with Crippen LogP contribution in [0.1, 0.15) is 43.2 Å². The minimum Gasteiger partial charge on any atom is -0.465 e. The summed E-state index contributed by atoms with van der Waals surface area (Å²) in [5.74, 6) is -0.163. The van der Waals surface area contributed by atoms with E-state index in [1.807, 2.05) is 25.1 Å². The van der Waals surface area contributed by atoms with Crippen molar-refractivity contribution < 1.29 is 9.53 Å². The van der Waals surface area contributed by atoms with Gasteiger partial charge in [0.2, 0.25) is 0 Å². The lowest BCUT2D eigenvalue weighted by Gasteiger charge is -2.38. The predicted molar refractivity (Wildman–Crippen MR) is 113 cm³/mol. The van der Waals surface area contributed by atoms with E-state index in [1.54, 1.807) is 0 Å². The molecule has 1 N–H and O–H groups in total. The number of carbonyl (C=O) groups excluding carboxylic acids is 1. The molecule has 0 spiro atoms. The zero-order valence-electron chi connectivity index (χ0n) is 16.8. The highest BCUT2D eigenvalue weighted by Gasteiger charge is 2.40. The summed E-state index contributed by atoms with van der Waals surface area (Å²) in [5, 5.41) is 13.7. The van der Waals surface area contributed by atoms with Gasteiger partial charge in [0.25, 0.3) is 0 Å². The van der Waals surface area contributed by atoms with Gasteiger partial charge >= 0.3 is 5.97 Å². The molecule has 0 saturated carbocycles. The van der Waals surface area contributed by atoms with Crippen molar-refractivity contribution in [3.63, 3.8) is 0 Å². The summed E-state index contributed by atoms with van der Waals surface area (Å²) in [5.41, 5.74) is 5.66. The summed E-state index contributed by atoms with van der Waals surface area (Å²) < 4.78 is 9.79. The molecule has 4 aromatic rings. The molecule has 1 unspecified atom stereocenters. The highest BCUT2D eigenvalue weighted by atomic mass is 16.5. The van der Waals surface area contributed by atoms with Gasteiger partial charge in [-0.3, -0.25) is 10.1 Å². The molecule has 7 nitrogen and oxygen atoms in total. The second-order valence-corrected chi connectivity index (χ2v) is 8.06. The first-order valence-electron chi connectivity index (χ1n) is 10.6. The topological polar surface area (TPSA) is 74.0 Å². The van der Waals surface area contributed by atoms with E-state index < -0.39 is 0 Å². The number of fused-ring (bicyclic) bond motifs is 4. The maximum absolute atomic E-state index is 12.5. The van der Waals surface area contributed by atoms with Crippen molar-refractivity contribution in [1.29, 1.82) is 0 Å². The zero-order chi connectivity index (χ0) is 20.2. The van der Waals surface area contributed by atoms with Gasteiger partial charge in [0.15, 0.2) is 0 Å². The van der Waals surface area contributed by atoms with Gasteiger partial charge in [0.1, 0.15) is 17.7 Å². The predicted octanol–water partition coefficient (Wildman–Crippen LogP) is 3.35. The first-order valence-corrected chi connectivity index (χ1v) is 10.6. The summed E-state index contributed by atoms with van der Waals surface area (Å²) >= 11 is 0. The quantitative estimate of drug-likeness (QED) is 0.533. The van der Waals surface area contributed by atoms with Gasteiger partial charge in [-0.15, -0.1) is 5.10 Å². The molecule has 0 radical (unpaired) electrons. The van der Waals surface area contributed by atoms with Crippen LogP contribution >= 0.6 is 0 Å². The number of benzene rings is 2. The second-order valence-electron chi connectivity index (χ2n) is 8.06. The molecule has 2 aliphatic rings. The lowest BCUT2D eigenvalue weighted by atomic mass is 9.89. The normalized spacial score (nSPS) is 22.9. The maximum atomic E-state index is 12.5. The number of nitrogens with one attached hydrogen (secondary N) is 1. The van der Waals surface area contributed by atoms with Crippen molar-refractivity contribution >= 4 is 27.9 Å². The Labute approximate surface area is 173 Å². The number of para-hydroxylation sites is 2. The molecular formula is C23H23N5O2. The van der Waals surface area contributed by atoms with Crippen molar-refractivity contribution in [1.82, 2.24) is 24.9 Å². The number of rotatable bonds is 3. The fourth-order valence-corrected chi connectivity index (χ4v) is 5.25. The van der Waals surface area contributed by atoms with E-state index in [1.165, 1.54) is 22.2 Å². The van der Waals surface area contributed by atoms with Gasteiger partial charge in [-0.25, -0.2) is 4.68 Å². The third-order valence-corrected chi connectivity index (χ3v) is 6.44. The Hall–Kier alpha value is -3.19. The summed E-state index contributed by atoms with van der Waals surface area (Å²) in [6.45, 7) is 2.25. The van der Waals surface area contributed by atoms with E-state index >= 15 is 0 Å². The highest BCUT2D eigenvalue weighted by molar-refractivity contribution is 5.88. The molecule has 2 aromatic carbocycles. The smallest absolute Gasteiger partial charge is 0.323 e. The van der Waals surface area contributed by atoms with Crippen LogP contribution in [0.5, 0.6) is 0 Å². The van der Waals surface area contributed by atoms with Gasteiger partial charge < -0.3 is 9.30 Å². The van der Waals surface area contributed by atoms with Crippen LogP contribution in [0.4, 0.5) is 0 Å². The minimum atomic E-state index is -0.301. The van der Waals surface area contributed by atoms with Crippen molar-refractivity contribution in [3.05, 3.63) is 59.8 Å². The molecule has 30 heavy (non-hydrogen) atoms. The molecule has 6 rings (SSSR count). The Balaban J connectivity index is 1.54. The van der Waals surface area contributed by atoms with Crippen LogP contribution in [-0.4, -0.2) is 38.2 Å². The molecule has 0 amide bonds. The fraction of sp³-hybridized carbons (Fsp3) is 0.348. The van der Waals surface area contributed by atoms with E-state index in [0.717, 1.165) is 23.9 Å². The van der Waals surface area contributed by atoms with Gasteiger partial charge in [-0.1, -0.05) is 35.5 Å². The summed E-state index contributed by atoms with van der Waals surface area (Å²) in [6.07, 6.45) is 2.54. The Morgan fingerprint density at radius 3 is 2.80 bits per heavy atom. The second kappa shape index (κ2) is 6.67.